The Balaban J connectivity index is 1.09. The number of aromatic nitrogens is 4. The third-order valence-electron chi connectivity index (χ3n) is 11.9. The summed E-state index contributed by atoms with van der Waals surface area (Å²) < 4.78 is 70.0. The number of anilines is 1. The molecule has 3 saturated heterocycles. The fraction of sp³-hybridized carbons (Fsp3) is 0.370. The van der Waals surface area contributed by atoms with E-state index in [1.807, 2.05) is 92.7 Å². The van der Waals surface area contributed by atoms with Crippen molar-refractivity contribution in [3.8, 4) is 11.5 Å². The van der Waals surface area contributed by atoms with Crippen molar-refractivity contribution >= 4 is 35.3 Å². The van der Waals surface area contributed by atoms with Crippen LogP contribution in [0.4, 0.5) is 5.82 Å². The van der Waals surface area contributed by atoms with Gasteiger partial charge >= 0.3 is 5.69 Å². The zero-order chi connectivity index (χ0) is 43.7. The predicted octanol–water partition coefficient (Wildman–Crippen LogP) is 7.20. The Bertz CT molecular complexity index is 2620. The highest BCUT2D eigenvalue weighted by Crippen LogP contribution is 2.58. The van der Waals surface area contributed by atoms with Crippen LogP contribution >= 0.6 is 8.53 Å². The first kappa shape index (κ1) is 43.1. The van der Waals surface area contributed by atoms with Crippen LogP contribution in [-0.2, 0) is 34.0 Å². The molecule has 0 radical (unpaired) electrons. The maximum Gasteiger partial charge on any atom is 0.329 e. The molecular weight excluding hydrogens is 844 g/mol. The van der Waals surface area contributed by atoms with Crippen LogP contribution in [0.25, 0.3) is 11.2 Å². The van der Waals surface area contributed by atoms with Crippen LogP contribution in [0.15, 0.2) is 125 Å². The van der Waals surface area contributed by atoms with Crippen molar-refractivity contribution in [2.45, 2.75) is 80.2 Å². The van der Waals surface area contributed by atoms with Gasteiger partial charge in [-0.1, -0.05) is 72.8 Å². The van der Waals surface area contributed by atoms with Crippen LogP contribution < -0.4 is 20.5 Å². The molecule has 3 aliphatic rings. The molecule has 2 aromatic heterocycles. The first-order valence-electron chi connectivity index (χ1n) is 21.1. The highest BCUT2D eigenvalue weighted by atomic mass is 32.2. The largest absolute Gasteiger partial charge is 0.497 e. The van der Waals surface area contributed by atoms with Gasteiger partial charge in [0, 0.05) is 25.0 Å². The van der Waals surface area contributed by atoms with E-state index in [1.165, 1.54) is 10.9 Å². The van der Waals surface area contributed by atoms with Crippen molar-refractivity contribution < 1.29 is 36.4 Å². The van der Waals surface area contributed by atoms with E-state index in [0.29, 0.717) is 35.0 Å². The Hall–Kier alpha value is -5.19. The Morgan fingerprint density at radius 3 is 2.14 bits per heavy atom. The lowest BCUT2D eigenvalue weighted by Gasteiger charge is -2.37. The lowest BCUT2D eigenvalue weighted by Crippen LogP contribution is -2.38. The minimum Gasteiger partial charge on any atom is -0.497 e. The quantitative estimate of drug-likeness (QED) is 0.0740. The zero-order valence-corrected chi connectivity index (χ0v) is 37.2. The number of nitrogens with one attached hydrogen (secondary N) is 2. The normalized spacial score (nSPS) is 22.7. The Kier molecular flexibility index (Phi) is 12.4. The van der Waals surface area contributed by atoms with Crippen LogP contribution in [-0.4, -0.2) is 96.1 Å². The molecule has 0 unspecified atom stereocenters. The summed E-state index contributed by atoms with van der Waals surface area (Å²) in [7, 11) is -2.11. The second kappa shape index (κ2) is 18.1. The summed E-state index contributed by atoms with van der Waals surface area (Å²) in [5, 5.41) is 3.30. The Labute approximate surface area is 367 Å². The molecule has 0 amide bonds. The summed E-state index contributed by atoms with van der Waals surface area (Å²) in [4.78, 5) is 26.0. The molecule has 2 N–H and O–H groups in total. The smallest absolute Gasteiger partial charge is 0.329 e. The number of methoxy groups -OCH3 is 2. The number of benzene rings is 4. The molecule has 0 saturated carbocycles. The fourth-order valence-electron chi connectivity index (χ4n) is 8.88. The molecule has 17 heteroatoms. The molecule has 15 nitrogen and oxygen atoms in total. The lowest BCUT2D eigenvalue weighted by molar-refractivity contribution is -0.0911. The molecule has 6 atom stereocenters. The van der Waals surface area contributed by atoms with Crippen molar-refractivity contribution in [1.29, 1.82) is 0 Å². The van der Waals surface area contributed by atoms with Gasteiger partial charge in [-0.3, -0.25) is 0 Å². The summed E-state index contributed by atoms with van der Waals surface area (Å²) in [6.07, 6.45) is 0.538. The average molecular weight is 895 g/mol. The lowest BCUT2D eigenvalue weighted by atomic mass is 9.80. The second-order valence-electron chi connectivity index (χ2n) is 16.2. The van der Waals surface area contributed by atoms with Crippen LogP contribution in [0.1, 0.15) is 56.0 Å². The molecule has 330 valence electrons. The molecule has 6 aromatic rings. The average Bonchev–Trinajstić information content (AvgIpc) is 4.09. The molecule has 0 aliphatic carbocycles. The second-order valence-corrected chi connectivity index (χ2v) is 19.6. The highest BCUT2D eigenvalue weighted by Gasteiger charge is 2.51. The molecule has 3 aliphatic heterocycles. The van der Waals surface area contributed by atoms with E-state index < -0.39 is 54.2 Å². The third-order valence-corrected chi connectivity index (χ3v) is 15.5. The van der Waals surface area contributed by atoms with Gasteiger partial charge in [0.15, 0.2) is 21.3 Å². The van der Waals surface area contributed by atoms with E-state index in [1.54, 1.807) is 44.6 Å². The minimum atomic E-state index is -3.65. The summed E-state index contributed by atoms with van der Waals surface area (Å²) >= 11 is 0. The number of imidazole rings is 1. The number of hydrogen-bond acceptors (Lipinski definition) is 13. The summed E-state index contributed by atoms with van der Waals surface area (Å²) in [5.41, 5.74) is 1.82. The number of nitrogens with zero attached hydrogens (tertiary/aromatic N) is 4. The maximum absolute atomic E-state index is 13.9. The van der Waals surface area contributed by atoms with Crippen molar-refractivity contribution in [1.82, 2.24) is 24.2 Å². The zero-order valence-electron chi connectivity index (χ0n) is 35.5. The van der Waals surface area contributed by atoms with Crippen molar-refractivity contribution in [2.75, 3.05) is 38.4 Å². The number of fused-ring (bicyclic) bond motifs is 2. The third kappa shape index (κ3) is 8.49. The molecule has 63 heavy (non-hydrogen) atoms. The Morgan fingerprint density at radius 1 is 0.873 bits per heavy atom. The van der Waals surface area contributed by atoms with Gasteiger partial charge in [0.1, 0.15) is 41.3 Å². The number of hydrogen-bond donors (Lipinski definition) is 2. The highest BCUT2D eigenvalue weighted by molar-refractivity contribution is 7.91. The van der Waals surface area contributed by atoms with Gasteiger partial charge in [0.2, 0.25) is 0 Å². The van der Waals surface area contributed by atoms with Crippen LogP contribution in [0, 0.1) is 0 Å². The van der Waals surface area contributed by atoms with Crippen LogP contribution in [0.2, 0.25) is 0 Å². The van der Waals surface area contributed by atoms with Gasteiger partial charge in [0.05, 0.1) is 43.7 Å². The SMILES string of the molecule is COc1ccc(C(OC[C@H]2O[C@@H](n3c(=O)[nH]c4c(NC(C)C)ncnc43)C[C@@H]2O[P@]2O[C@H](CS(=O)(=O)c3ccccc3)[C@@H]3CCCN32)(c2ccccc2)c2ccc(OC)cc2)cc1. The van der Waals surface area contributed by atoms with Gasteiger partial charge in [-0.15, -0.1) is 0 Å². The first-order chi connectivity index (χ1) is 30.6. The molecular formula is C46H51N6O9PS. The van der Waals surface area contributed by atoms with Gasteiger partial charge in [-0.05, 0) is 79.8 Å². The van der Waals surface area contributed by atoms with Gasteiger partial charge < -0.3 is 38.3 Å². The number of H-pyrrole nitrogens is 1. The monoisotopic (exact) mass is 894 g/mol. The Morgan fingerprint density at radius 2 is 1.51 bits per heavy atom. The molecule has 3 fully saturated rings. The van der Waals surface area contributed by atoms with E-state index in [9.17, 15) is 13.2 Å². The molecule has 0 bridgehead atoms. The van der Waals surface area contributed by atoms with Gasteiger partial charge in [0.25, 0.3) is 8.53 Å². The maximum atomic E-state index is 13.9. The molecule has 9 rings (SSSR count). The fourth-order valence-corrected chi connectivity index (χ4v) is 12.5. The van der Waals surface area contributed by atoms with Crippen molar-refractivity contribution in [3.05, 3.63) is 143 Å². The number of ether oxygens (including phenoxy) is 4. The van der Waals surface area contributed by atoms with Gasteiger partial charge in [-0.2, -0.15) is 0 Å². The van der Waals surface area contributed by atoms with E-state index in [2.05, 4.69) is 24.9 Å². The molecule has 0 spiro atoms. The topological polar surface area (TPSA) is 168 Å². The predicted molar refractivity (Wildman–Crippen MR) is 239 cm³/mol. The number of sulfone groups is 1. The first-order valence-corrected chi connectivity index (χ1v) is 23.9. The van der Waals surface area contributed by atoms with Crippen molar-refractivity contribution in [3.63, 3.8) is 0 Å². The van der Waals surface area contributed by atoms with Crippen molar-refractivity contribution in [2.24, 2.45) is 0 Å². The standard InChI is InChI=1S/C46H51N6O9PS/c1-30(2)49-43-42-44(48-29-47-43)52(45(53)50-42)41-26-38(60-62-51-25-11-16-37(51)40(61-62)28-63(54,55)36-14-9-6-10-15-36)39(59-41)27-58-46(31-12-7-5-8-13-31,32-17-21-34(56-3)22-18-32)33-19-23-35(57-4)24-20-33/h5-10,12-15,17-24,29-30,37-41H,11,16,25-28H2,1-4H3,(H,50,53)(H,47,48,49)/t37-,38-,39+,40+,41+,62+/m0/s1. The number of aromatic amines is 1. The van der Waals surface area contributed by atoms with Gasteiger partial charge in [-0.25, -0.2) is 32.4 Å². The van der Waals surface area contributed by atoms with E-state index in [0.717, 1.165) is 29.5 Å². The minimum absolute atomic E-state index is 0.0127. The van der Waals surface area contributed by atoms with E-state index >= 15 is 0 Å². The summed E-state index contributed by atoms with van der Waals surface area (Å²) in [5.74, 6) is 1.72. The van der Waals surface area contributed by atoms with Crippen LogP contribution in [0.3, 0.4) is 0 Å². The molecule has 4 aromatic carbocycles. The van der Waals surface area contributed by atoms with Crippen LogP contribution in [0.5, 0.6) is 11.5 Å². The molecule has 5 heterocycles. The summed E-state index contributed by atoms with van der Waals surface area (Å²) in [6, 6.07) is 33.9. The van der Waals surface area contributed by atoms with E-state index in [4.69, 9.17) is 28.0 Å². The van der Waals surface area contributed by atoms with E-state index in [-0.39, 0.29) is 35.8 Å². The number of rotatable bonds is 16. The summed E-state index contributed by atoms with van der Waals surface area (Å²) in [6.45, 7) is 4.69.